The van der Waals surface area contributed by atoms with E-state index in [1.54, 1.807) is 7.11 Å². The van der Waals surface area contributed by atoms with E-state index in [1.807, 2.05) is 19.9 Å². The highest BCUT2D eigenvalue weighted by Crippen LogP contribution is 1.90. The predicted octanol–water partition coefficient (Wildman–Crippen LogP) is 0.977. The van der Waals surface area contributed by atoms with E-state index in [2.05, 4.69) is 0 Å². The van der Waals surface area contributed by atoms with Crippen LogP contribution >= 0.6 is 0 Å². The third-order valence-electron chi connectivity index (χ3n) is 1.28. The van der Waals surface area contributed by atoms with Gasteiger partial charge in [-0.05, 0) is 13.8 Å². The van der Waals surface area contributed by atoms with E-state index in [4.69, 9.17) is 14.6 Å². The molecule has 0 amide bonds. The molecule has 0 fully saturated rings. The van der Waals surface area contributed by atoms with Crippen molar-refractivity contribution in [3.05, 3.63) is 11.6 Å². The molecule has 72 valence electrons. The fraction of sp³-hybridized carbons (Fsp3) is 0.778. The van der Waals surface area contributed by atoms with Crippen molar-refractivity contribution < 1.29 is 14.6 Å². The monoisotopic (exact) mass is 174 g/mol. The van der Waals surface area contributed by atoms with Gasteiger partial charge < -0.3 is 14.6 Å². The molecule has 0 heterocycles. The van der Waals surface area contributed by atoms with Gasteiger partial charge in [-0.1, -0.05) is 11.6 Å². The average Bonchev–Trinajstić information content (AvgIpc) is 1.98. The zero-order valence-electron chi connectivity index (χ0n) is 8.04. The molecule has 0 aromatic rings. The Bertz CT molecular complexity index is 128. The van der Waals surface area contributed by atoms with Gasteiger partial charge in [-0.3, -0.25) is 0 Å². The zero-order valence-corrected chi connectivity index (χ0v) is 8.04. The summed E-state index contributed by atoms with van der Waals surface area (Å²) in [6.07, 6.45) is 1.46. The largest absolute Gasteiger partial charge is 0.388 e. The van der Waals surface area contributed by atoms with E-state index in [-0.39, 0.29) is 0 Å². The van der Waals surface area contributed by atoms with Crippen molar-refractivity contribution in [2.45, 2.75) is 20.0 Å². The van der Waals surface area contributed by atoms with Crippen LogP contribution in [0, 0.1) is 0 Å². The summed E-state index contributed by atoms with van der Waals surface area (Å²) in [5.74, 6) is 0. The first-order valence-electron chi connectivity index (χ1n) is 4.05. The summed E-state index contributed by atoms with van der Waals surface area (Å²) in [4.78, 5) is 0. The number of ether oxygens (including phenoxy) is 2. The van der Waals surface area contributed by atoms with Crippen LogP contribution in [0.2, 0.25) is 0 Å². The number of aliphatic hydroxyl groups excluding tert-OH is 1. The van der Waals surface area contributed by atoms with Gasteiger partial charge in [0.1, 0.15) is 6.10 Å². The lowest BCUT2D eigenvalue weighted by Gasteiger charge is -2.08. The maximum atomic E-state index is 9.14. The van der Waals surface area contributed by atoms with Crippen LogP contribution in [0.1, 0.15) is 13.8 Å². The van der Waals surface area contributed by atoms with Crippen LogP contribution in [0.25, 0.3) is 0 Å². The van der Waals surface area contributed by atoms with E-state index >= 15 is 0 Å². The van der Waals surface area contributed by atoms with Crippen LogP contribution in [-0.2, 0) is 9.47 Å². The van der Waals surface area contributed by atoms with E-state index in [0.717, 1.165) is 0 Å². The Morgan fingerprint density at radius 2 is 2.08 bits per heavy atom. The lowest BCUT2D eigenvalue weighted by molar-refractivity contribution is 0.00108. The highest BCUT2D eigenvalue weighted by atomic mass is 16.5. The van der Waals surface area contributed by atoms with Gasteiger partial charge in [-0.15, -0.1) is 0 Å². The molecule has 1 unspecified atom stereocenters. The van der Waals surface area contributed by atoms with Gasteiger partial charge in [0.05, 0.1) is 19.8 Å². The molecule has 0 aliphatic carbocycles. The molecule has 0 bridgehead atoms. The van der Waals surface area contributed by atoms with Crippen molar-refractivity contribution in [2.75, 3.05) is 26.9 Å². The van der Waals surface area contributed by atoms with Gasteiger partial charge in [0, 0.05) is 7.11 Å². The van der Waals surface area contributed by atoms with Gasteiger partial charge in [-0.2, -0.15) is 0 Å². The van der Waals surface area contributed by atoms with Crippen LogP contribution in [0.3, 0.4) is 0 Å². The third-order valence-corrected chi connectivity index (χ3v) is 1.28. The highest BCUT2D eigenvalue weighted by molar-refractivity contribution is 4.92. The predicted molar refractivity (Wildman–Crippen MR) is 48.1 cm³/mol. The summed E-state index contributed by atoms with van der Waals surface area (Å²) in [6.45, 7) is 5.24. The molecule has 3 heteroatoms. The minimum absolute atomic E-state index is 0.328. The number of aliphatic hydroxyl groups is 1. The molecule has 1 N–H and O–H groups in total. The minimum atomic E-state index is -0.513. The standard InChI is InChI=1S/C9H18O3/c1-8(2)4-5-12-7-9(10)6-11-3/h4,9-10H,5-7H2,1-3H3. The number of methoxy groups -OCH3 is 1. The first kappa shape index (κ1) is 11.6. The maximum absolute atomic E-state index is 9.14. The number of allylic oxidation sites excluding steroid dienone is 1. The second kappa shape index (κ2) is 7.28. The summed E-state index contributed by atoms with van der Waals surface area (Å²) < 4.78 is 9.89. The van der Waals surface area contributed by atoms with Crippen molar-refractivity contribution in [2.24, 2.45) is 0 Å². The number of hydrogen-bond donors (Lipinski definition) is 1. The molecular formula is C9H18O3. The molecule has 0 aliphatic rings. The Balaban J connectivity index is 3.25. The number of rotatable bonds is 6. The van der Waals surface area contributed by atoms with E-state index in [1.165, 1.54) is 5.57 Å². The van der Waals surface area contributed by atoms with Gasteiger partial charge in [-0.25, -0.2) is 0 Å². The first-order chi connectivity index (χ1) is 5.66. The Hall–Kier alpha value is -0.380. The molecule has 0 radical (unpaired) electrons. The van der Waals surface area contributed by atoms with Crippen LogP contribution in [0.5, 0.6) is 0 Å². The summed E-state index contributed by atoms with van der Waals surface area (Å²) >= 11 is 0. The normalized spacial score (nSPS) is 12.7. The molecule has 0 aliphatic heterocycles. The van der Waals surface area contributed by atoms with Gasteiger partial charge >= 0.3 is 0 Å². The van der Waals surface area contributed by atoms with Crippen molar-refractivity contribution in [3.8, 4) is 0 Å². The second-order valence-electron chi connectivity index (χ2n) is 2.93. The molecule has 0 saturated carbocycles. The lowest BCUT2D eigenvalue weighted by Crippen LogP contribution is -2.20. The fourth-order valence-corrected chi connectivity index (χ4v) is 0.670. The van der Waals surface area contributed by atoms with Gasteiger partial charge in [0.2, 0.25) is 0 Å². The molecule has 0 rings (SSSR count). The summed E-state index contributed by atoms with van der Waals surface area (Å²) in [5, 5.41) is 9.14. The van der Waals surface area contributed by atoms with Crippen molar-refractivity contribution >= 4 is 0 Å². The smallest absolute Gasteiger partial charge is 0.101 e. The second-order valence-corrected chi connectivity index (χ2v) is 2.93. The summed E-state index contributed by atoms with van der Waals surface area (Å²) in [6, 6.07) is 0. The van der Waals surface area contributed by atoms with Crippen LogP contribution in [-0.4, -0.2) is 38.1 Å². The molecule has 0 aromatic heterocycles. The maximum Gasteiger partial charge on any atom is 0.101 e. The summed E-state index contributed by atoms with van der Waals surface area (Å²) in [5.41, 5.74) is 1.22. The van der Waals surface area contributed by atoms with E-state index in [9.17, 15) is 0 Å². The van der Waals surface area contributed by atoms with Crippen molar-refractivity contribution in [1.29, 1.82) is 0 Å². The molecule has 0 aromatic carbocycles. The van der Waals surface area contributed by atoms with Crippen molar-refractivity contribution in [1.82, 2.24) is 0 Å². The molecule has 0 saturated heterocycles. The van der Waals surface area contributed by atoms with Crippen LogP contribution in [0.4, 0.5) is 0 Å². The molecule has 0 spiro atoms. The highest BCUT2D eigenvalue weighted by Gasteiger charge is 2.01. The molecule has 1 atom stereocenters. The lowest BCUT2D eigenvalue weighted by atomic mass is 10.3. The van der Waals surface area contributed by atoms with Gasteiger partial charge in [0.15, 0.2) is 0 Å². The topological polar surface area (TPSA) is 38.7 Å². The molecule has 3 nitrogen and oxygen atoms in total. The van der Waals surface area contributed by atoms with Crippen LogP contribution in [0.15, 0.2) is 11.6 Å². The Labute approximate surface area is 74.0 Å². The van der Waals surface area contributed by atoms with E-state index in [0.29, 0.717) is 19.8 Å². The van der Waals surface area contributed by atoms with Gasteiger partial charge in [0.25, 0.3) is 0 Å². The Kier molecular flexibility index (Phi) is 7.05. The number of hydrogen-bond acceptors (Lipinski definition) is 3. The minimum Gasteiger partial charge on any atom is -0.388 e. The zero-order chi connectivity index (χ0) is 9.40. The average molecular weight is 174 g/mol. The van der Waals surface area contributed by atoms with E-state index < -0.39 is 6.10 Å². The first-order valence-corrected chi connectivity index (χ1v) is 4.05. The summed E-state index contributed by atoms with van der Waals surface area (Å²) in [7, 11) is 1.55. The van der Waals surface area contributed by atoms with Crippen LogP contribution < -0.4 is 0 Å². The quantitative estimate of drug-likeness (QED) is 0.482. The molecule has 12 heavy (non-hydrogen) atoms. The Morgan fingerprint density at radius 1 is 1.42 bits per heavy atom. The molecular weight excluding hydrogens is 156 g/mol. The SMILES string of the molecule is COCC(O)COCC=C(C)C. The van der Waals surface area contributed by atoms with Crippen molar-refractivity contribution in [3.63, 3.8) is 0 Å². The Morgan fingerprint density at radius 3 is 2.58 bits per heavy atom. The third kappa shape index (κ3) is 7.72. The fourth-order valence-electron chi connectivity index (χ4n) is 0.670.